The van der Waals surface area contributed by atoms with Crippen molar-refractivity contribution in [1.82, 2.24) is 0 Å². The summed E-state index contributed by atoms with van der Waals surface area (Å²) in [5.41, 5.74) is 0. The van der Waals surface area contributed by atoms with Gasteiger partial charge in [0.2, 0.25) is 0 Å². The zero-order chi connectivity index (χ0) is 13.0. The molecule has 2 bridgehead atoms. The second-order valence-electron chi connectivity index (χ2n) is 5.22. The summed E-state index contributed by atoms with van der Waals surface area (Å²) < 4.78 is 11.0. The summed E-state index contributed by atoms with van der Waals surface area (Å²) in [7, 11) is 0. The van der Waals surface area contributed by atoms with Gasteiger partial charge in [0.25, 0.3) is 0 Å². The number of rotatable bonds is 0. The van der Waals surface area contributed by atoms with Gasteiger partial charge in [-0.1, -0.05) is 12.2 Å². The van der Waals surface area contributed by atoms with Crippen LogP contribution < -0.4 is 0 Å². The van der Waals surface area contributed by atoms with Crippen LogP contribution in [0.25, 0.3) is 0 Å². The number of hydrogen-bond acceptors (Lipinski definition) is 4. The molecule has 2 aliphatic rings. The highest BCUT2D eigenvalue weighted by Crippen LogP contribution is 2.24. The monoisotopic (exact) mass is 254 g/mol. The van der Waals surface area contributed by atoms with E-state index >= 15 is 0 Å². The van der Waals surface area contributed by atoms with Crippen LogP contribution in [0.4, 0.5) is 0 Å². The van der Waals surface area contributed by atoms with Crippen molar-refractivity contribution < 1.29 is 19.4 Å². The Morgan fingerprint density at radius 3 is 3.00 bits per heavy atom. The number of hydrogen-bond donors (Lipinski definition) is 1. The number of ether oxygens (including phenoxy) is 2. The molecule has 0 aromatic rings. The van der Waals surface area contributed by atoms with E-state index in [4.69, 9.17) is 9.47 Å². The summed E-state index contributed by atoms with van der Waals surface area (Å²) in [6.45, 7) is 1.91. The van der Waals surface area contributed by atoms with E-state index in [9.17, 15) is 9.90 Å². The van der Waals surface area contributed by atoms with Crippen LogP contribution >= 0.6 is 0 Å². The van der Waals surface area contributed by atoms with Gasteiger partial charge in [-0.05, 0) is 39.0 Å². The summed E-state index contributed by atoms with van der Waals surface area (Å²) in [6.07, 6.45) is 7.73. The fourth-order valence-electron chi connectivity index (χ4n) is 2.50. The van der Waals surface area contributed by atoms with E-state index < -0.39 is 12.2 Å². The van der Waals surface area contributed by atoms with Crippen molar-refractivity contribution in [3.63, 3.8) is 0 Å². The van der Waals surface area contributed by atoms with E-state index in [0.717, 1.165) is 25.7 Å². The molecule has 4 nitrogen and oxygen atoms in total. The maximum absolute atomic E-state index is 11.7. The second-order valence-corrected chi connectivity index (χ2v) is 5.22. The average molecular weight is 254 g/mol. The van der Waals surface area contributed by atoms with Crippen molar-refractivity contribution in [2.75, 3.05) is 0 Å². The molecule has 0 aromatic carbocycles. The van der Waals surface area contributed by atoms with Gasteiger partial charge in [0.1, 0.15) is 0 Å². The van der Waals surface area contributed by atoms with Crippen LogP contribution in [-0.4, -0.2) is 35.5 Å². The molecule has 18 heavy (non-hydrogen) atoms. The van der Waals surface area contributed by atoms with Gasteiger partial charge < -0.3 is 14.6 Å². The Hall–Kier alpha value is -0.870. The Bertz CT molecular complexity index is 313. The number of carbonyl (C=O) groups excluding carboxylic acids is 1. The molecule has 4 atom stereocenters. The van der Waals surface area contributed by atoms with Gasteiger partial charge in [-0.3, -0.25) is 4.79 Å². The predicted octanol–water partition coefficient (Wildman–Crippen LogP) is 1.96. The molecule has 0 radical (unpaired) electrons. The number of allylic oxidation sites excluding steroid dienone is 1. The Balaban J connectivity index is 2.03. The van der Waals surface area contributed by atoms with Gasteiger partial charge in [-0.15, -0.1) is 0 Å². The van der Waals surface area contributed by atoms with Gasteiger partial charge in [0, 0.05) is 0 Å². The quantitative estimate of drug-likeness (QED) is 0.530. The first-order valence-corrected chi connectivity index (χ1v) is 6.85. The fraction of sp³-hybridized carbons (Fsp3) is 0.786. The van der Waals surface area contributed by atoms with Crippen LogP contribution in [0.1, 0.15) is 45.4 Å². The van der Waals surface area contributed by atoms with Gasteiger partial charge in [0.05, 0.1) is 30.8 Å². The highest BCUT2D eigenvalue weighted by molar-refractivity contribution is 5.70. The second kappa shape index (κ2) is 6.34. The molecule has 2 rings (SSSR count). The molecule has 0 saturated carbocycles. The zero-order valence-electron chi connectivity index (χ0n) is 10.9. The number of esters is 1. The minimum absolute atomic E-state index is 0.0306. The molecule has 0 amide bonds. The molecular formula is C14H22O4. The Morgan fingerprint density at radius 1 is 1.33 bits per heavy atom. The third kappa shape index (κ3) is 3.82. The lowest BCUT2D eigenvalue weighted by Gasteiger charge is -2.32. The minimum Gasteiger partial charge on any atom is -0.463 e. The molecule has 2 aliphatic heterocycles. The predicted molar refractivity (Wildman–Crippen MR) is 67.1 cm³/mol. The molecule has 1 N–H and O–H groups in total. The van der Waals surface area contributed by atoms with Crippen LogP contribution in [0, 0.1) is 0 Å². The highest BCUT2D eigenvalue weighted by Gasteiger charge is 2.31. The molecular weight excluding hydrogens is 232 g/mol. The maximum Gasteiger partial charge on any atom is 0.308 e. The first-order valence-electron chi connectivity index (χ1n) is 6.85. The molecule has 2 heterocycles. The SMILES string of the molecule is C[C@H]1CCC/C=C\[C@@H]2CC[C@H](O)[C@@H](CC(=O)O1)O2. The molecule has 4 heteroatoms. The Labute approximate surface area is 108 Å². The lowest BCUT2D eigenvalue weighted by atomic mass is 9.98. The van der Waals surface area contributed by atoms with Crippen molar-refractivity contribution >= 4 is 5.97 Å². The average Bonchev–Trinajstić information content (AvgIpc) is 2.31. The van der Waals surface area contributed by atoms with Crippen molar-refractivity contribution in [2.24, 2.45) is 0 Å². The van der Waals surface area contributed by atoms with Crippen molar-refractivity contribution in [2.45, 2.75) is 69.9 Å². The van der Waals surface area contributed by atoms with Gasteiger partial charge in [0.15, 0.2) is 0 Å². The molecule has 0 spiro atoms. The number of carbonyl (C=O) groups is 1. The maximum atomic E-state index is 11.7. The van der Waals surface area contributed by atoms with Gasteiger partial charge in [-0.25, -0.2) is 0 Å². The number of aliphatic hydroxyl groups is 1. The van der Waals surface area contributed by atoms with Crippen LogP contribution in [-0.2, 0) is 14.3 Å². The van der Waals surface area contributed by atoms with Crippen LogP contribution in [0.3, 0.4) is 0 Å². The van der Waals surface area contributed by atoms with Gasteiger partial charge in [-0.2, -0.15) is 0 Å². The summed E-state index contributed by atoms with van der Waals surface area (Å²) in [5, 5.41) is 9.85. The number of aliphatic hydroxyl groups excluding tert-OH is 1. The van der Waals surface area contributed by atoms with Gasteiger partial charge >= 0.3 is 5.97 Å². The lowest BCUT2D eigenvalue weighted by molar-refractivity contribution is -0.160. The topological polar surface area (TPSA) is 55.8 Å². The Morgan fingerprint density at radius 2 is 2.17 bits per heavy atom. The highest BCUT2D eigenvalue weighted by atomic mass is 16.5. The van der Waals surface area contributed by atoms with E-state index in [1.165, 1.54) is 0 Å². The number of fused-ring (bicyclic) bond motifs is 2. The van der Waals surface area contributed by atoms with E-state index in [1.807, 2.05) is 6.92 Å². The smallest absolute Gasteiger partial charge is 0.308 e. The summed E-state index contributed by atoms with van der Waals surface area (Å²) in [6, 6.07) is 0. The standard InChI is InChI=1S/C14H22O4/c1-10-5-3-2-4-6-11-7-8-12(15)13(18-11)9-14(16)17-10/h4,6,10-13,15H,2-3,5,7-9H2,1H3/b6-4-/t10-,11+,12-,13+/m0/s1. The minimum atomic E-state index is -0.555. The summed E-state index contributed by atoms with van der Waals surface area (Å²) in [4.78, 5) is 11.7. The normalized spacial score (nSPS) is 40.2. The molecule has 102 valence electrons. The summed E-state index contributed by atoms with van der Waals surface area (Å²) in [5.74, 6) is -0.267. The first kappa shape index (κ1) is 13.6. The van der Waals surface area contributed by atoms with E-state index in [0.29, 0.717) is 6.42 Å². The fourth-order valence-corrected chi connectivity index (χ4v) is 2.50. The molecule has 0 unspecified atom stereocenters. The van der Waals surface area contributed by atoms with Crippen LogP contribution in [0.15, 0.2) is 12.2 Å². The molecule has 1 fully saturated rings. The van der Waals surface area contributed by atoms with E-state index in [-0.39, 0.29) is 24.6 Å². The Kier molecular flexibility index (Phi) is 4.78. The third-order valence-electron chi connectivity index (χ3n) is 3.56. The number of cyclic esters (lactones) is 1. The third-order valence-corrected chi connectivity index (χ3v) is 3.56. The molecule has 0 aliphatic carbocycles. The van der Waals surface area contributed by atoms with E-state index in [2.05, 4.69) is 12.2 Å². The van der Waals surface area contributed by atoms with Crippen molar-refractivity contribution in [1.29, 1.82) is 0 Å². The summed E-state index contributed by atoms with van der Waals surface area (Å²) >= 11 is 0. The largest absolute Gasteiger partial charge is 0.463 e. The van der Waals surface area contributed by atoms with Crippen LogP contribution in [0.5, 0.6) is 0 Å². The molecule has 1 saturated heterocycles. The van der Waals surface area contributed by atoms with E-state index in [1.54, 1.807) is 0 Å². The van der Waals surface area contributed by atoms with Crippen LogP contribution in [0.2, 0.25) is 0 Å². The zero-order valence-corrected chi connectivity index (χ0v) is 10.9. The van der Waals surface area contributed by atoms with Crippen molar-refractivity contribution in [3.05, 3.63) is 12.2 Å². The first-order chi connectivity index (χ1) is 8.65. The van der Waals surface area contributed by atoms with Crippen molar-refractivity contribution in [3.8, 4) is 0 Å². The lowest BCUT2D eigenvalue weighted by Crippen LogP contribution is -2.40. The molecule has 0 aromatic heterocycles.